The van der Waals surface area contributed by atoms with Gasteiger partial charge in [-0.15, -0.1) is 0 Å². The molecule has 4 aromatic rings. The van der Waals surface area contributed by atoms with Crippen molar-refractivity contribution in [1.29, 1.82) is 0 Å². The molecule has 1 saturated carbocycles. The molecule has 40 heavy (non-hydrogen) atoms. The van der Waals surface area contributed by atoms with Crippen molar-refractivity contribution >= 4 is 22.9 Å². The largest absolute Gasteiger partial charge is 0.508 e. The molecule has 2 aromatic heterocycles. The Morgan fingerprint density at radius 1 is 0.900 bits per heavy atom. The zero-order valence-electron chi connectivity index (χ0n) is 22.0. The Bertz CT molecular complexity index is 1450. The Balaban J connectivity index is 1.22. The highest BCUT2D eigenvalue weighted by Gasteiger charge is 2.26. The molecule has 6 rings (SSSR count). The fourth-order valence-electron chi connectivity index (χ4n) is 5.38. The fraction of sp³-hybridized carbons (Fsp3) is 0.429. The number of halogens is 2. The van der Waals surface area contributed by atoms with Crippen LogP contribution in [0.3, 0.4) is 0 Å². The maximum Gasteiger partial charge on any atom is 0.296 e. The zero-order valence-corrected chi connectivity index (χ0v) is 22.0. The molecule has 3 heterocycles. The molecule has 210 valence electrons. The van der Waals surface area contributed by atoms with Crippen molar-refractivity contribution in [2.45, 2.75) is 50.7 Å². The van der Waals surface area contributed by atoms with E-state index >= 15 is 0 Å². The highest BCUT2D eigenvalue weighted by molar-refractivity contribution is 5.77. The quantitative estimate of drug-likeness (QED) is 0.297. The van der Waals surface area contributed by atoms with Crippen molar-refractivity contribution in [2.24, 2.45) is 0 Å². The summed E-state index contributed by atoms with van der Waals surface area (Å²) in [6, 6.07) is 14.8. The second-order valence-corrected chi connectivity index (χ2v) is 10.2. The first kappa shape index (κ1) is 26.3. The molecule has 3 N–H and O–H groups in total. The third-order valence-corrected chi connectivity index (χ3v) is 7.45. The normalized spacial score (nSPS) is 19.8. The minimum atomic E-state index is -2.80. The van der Waals surface area contributed by atoms with Gasteiger partial charge in [-0.2, -0.15) is 15.0 Å². The summed E-state index contributed by atoms with van der Waals surface area (Å²) in [4.78, 5) is 20.1. The van der Waals surface area contributed by atoms with Crippen LogP contribution in [0, 0.1) is 0 Å². The number of hydrogen-bond donors (Lipinski definition) is 3. The molecule has 0 spiro atoms. The van der Waals surface area contributed by atoms with E-state index in [0.717, 1.165) is 31.2 Å². The third kappa shape index (κ3) is 5.82. The Hall–Kier alpha value is -3.90. The minimum absolute atomic E-state index is 0.115. The number of alkyl halides is 2. The number of para-hydroxylation sites is 2. The van der Waals surface area contributed by atoms with Crippen LogP contribution in [-0.2, 0) is 11.3 Å². The lowest BCUT2D eigenvalue weighted by Gasteiger charge is -2.30. The van der Waals surface area contributed by atoms with Crippen molar-refractivity contribution in [3.05, 3.63) is 59.9 Å². The second-order valence-electron chi connectivity index (χ2n) is 10.2. The van der Waals surface area contributed by atoms with Gasteiger partial charge in [0, 0.05) is 31.7 Å². The minimum Gasteiger partial charge on any atom is -0.508 e. The number of aromatic hydroxyl groups is 1. The van der Waals surface area contributed by atoms with Gasteiger partial charge in [-0.05, 0) is 55.5 Å². The molecule has 2 aliphatic rings. The molecule has 2 aromatic carbocycles. The molecule has 1 aliphatic carbocycles. The van der Waals surface area contributed by atoms with Crippen LogP contribution in [0.5, 0.6) is 5.75 Å². The number of morpholine rings is 1. The van der Waals surface area contributed by atoms with Crippen LogP contribution in [0.4, 0.5) is 20.7 Å². The van der Waals surface area contributed by atoms with Crippen LogP contribution in [0.2, 0.25) is 0 Å². The summed E-state index contributed by atoms with van der Waals surface area (Å²) in [5.74, 6) is 0.773. The molecule has 12 heteroatoms. The first-order valence-corrected chi connectivity index (χ1v) is 13.7. The average molecular weight is 551 g/mol. The topological polar surface area (TPSA) is 113 Å². The highest BCUT2D eigenvalue weighted by atomic mass is 19.3. The number of imidazole rings is 1. The van der Waals surface area contributed by atoms with Crippen molar-refractivity contribution < 1.29 is 18.6 Å². The summed E-state index contributed by atoms with van der Waals surface area (Å²) >= 11 is 0. The summed E-state index contributed by atoms with van der Waals surface area (Å²) in [6.07, 6.45) is 0.942. The Morgan fingerprint density at radius 2 is 1.65 bits per heavy atom. The lowest BCUT2D eigenvalue weighted by Crippen LogP contribution is -2.38. The van der Waals surface area contributed by atoms with E-state index in [-0.39, 0.29) is 17.7 Å². The van der Waals surface area contributed by atoms with Gasteiger partial charge in [-0.1, -0.05) is 24.3 Å². The van der Waals surface area contributed by atoms with Gasteiger partial charge in [0.1, 0.15) is 5.75 Å². The number of hydrogen-bond acceptors (Lipinski definition) is 9. The van der Waals surface area contributed by atoms with Crippen LogP contribution < -0.4 is 15.5 Å². The van der Waals surface area contributed by atoms with Gasteiger partial charge in [0.15, 0.2) is 5.82 Å². The highest BCUT2D eigenvalue weighted by Crippen LogP contribution is 2.28. The molecule has 2 fully saturated rings. The van der Waals surface area contributed by atoms with E-state index in [1.165, 1.54) is 4.57 Å². The Labute approximate surface area is 230 Å². The predicted molar refractivity (Wildman–Crippen MR) is 147 cm³/mol. The summed E-state index contributed by atoms with van der Waals surface area (Å²) in [7, 11) is 0. The van der Waals surface area contributed by atoms with E-state index in [4.69, 9.17) is 9.72 Å². The van der Waals surface area contributed by atoms with Gasteiger partial charge in [0.2, 0.25) is 17.8 Å². The lowest BCUT2D eigenvalue weighted by molar-refractivity contribution is 0.122. The smallest absolute Gasteiger partial charge is 0.296 e. The monoisotopic (exact) mass is 550 g/mol. The lowest BCUT2D eigenvalue weighted by atomic mass is 9.91. The molecule has 0 bridgehead atoms. The van der Waals surface area contributed by atoms with Gasteiger partial charge < -0.3 is 25.4 Å². The van der Waals surface area contributed by atoms with E-state index in [1.54, 1.807) is 36.4 Å². The molecule has 0 atom stereocenters. The van der Waals surface area contributed by atoms with Crippen molar-refractivity contribution in [2.75, 3.05) is 36.5 Å². The van der Waals surface area contributed by atoms with Crippen molar-refractivity contribution in [1.82, 2.24) is 29.8 Å². The zero-order chi connectivity index (χ0) is 27.5. The number of benzene rings is 2. The molecule has 0 amide bonds. The van der Waals surface area contributed by atoms with Gasteiger partial charge in [-0.3, -0.25) is 4.57 Å². The standard InChI is InChI=1S/C28H32F2N8O2/c29-24(30)25-33-22-6-1-2-7-23(22)38(25)28-35-26(34-27(36-28)37-12-14-40-15-13-37)32-20-10-8-19(9-11-20)31-17-18-4-3-5-21(39)16-18/h1-7,16,19-20,24,31,39H,8-15,17H2,(H,32,34,35,36). The van der Waals surface area contributed by atoms with E-state index in [1.807, 2.05) is 17.0 Å². The van der Waals surface area contributed by atoms with Crippen LogP contribution in [-0.4, -0.2) is 68.0 Å². The average Bonchev–Trinajstić information content (AvgIpc) is 3.38. The first-order chi connectivity index (χ1) is 19.5. The van der Waals surface area contributed by atoms with Crippen molar-refractivity contribution in [3.63, 3.8) is 0 Å². The number of nitrogens with one attached hydrogen (secondary N) is 2. The number of phenols is 1. The van der Waals surface area contributed by atoms with Gasteiger partial charge in [-0.25, -0.2) is 13.8 Å². The fourth-order valence-corrected chi connectivity index (χ4v) is 5.38. The molecule has 10 nitrogen and oxygen atoms in total. The summed E-state index contributed by atoms with van der Waals surface area (Å²) in [5.41, 5.74) is 2.02. The van der Waals surface area contributed by atoms with Gasteiger partial charge in [0.25, 0.3) is 6.43 Å². The van der Waals surface area contributed by atoms with Gasteiger partial charge >= 0.3 is 0 Å². The Morgan fingerprint density at radius 3 is 2.42 bits per heavy atom. The number of rotatable bonds is 8. The van der Waals surface area contributed by atoms with E-state index in [0.29, 0.717) is 61.8 Å². The maximum absolute atomic E-state index is 14.1. The molecule has 0 radical (unpaired) electrons. The number of anilines is 2. The van der Waals surface area contributed by atoms with E-state index in [2.05, 4.69) is 25.6 Å². The first-order valence-electron chi connectivity index (χ1n) is 13.7. The number of aromatic nitrogens is 5. The van der Waals surface area contributed by atoms with Crippen LogP contribution in [0.1, 0.15) is 43.5 Å². The SMILES string of the molecule is Oc1cccc(CNC2CCC(Nc3nc(N4CCOCC4)nc(-n4c(C(F)F)nc5ccccc54)n3)CC2)c1. The number of nitrogens with zero attached hydrogens (tertiary/aromatic N) is 6. The molecule has 1 aliphatic heterocycles. The Kier molecular flexibility index (Phi) is 7.69. The van der Waals surface area contributed by atoms with E-state index in [9.17, 15) is 13.9 Å². The summed E-state index contributed by atoms with van der Waals surface area (Å²) in [6.45, 7) is 2.98. The number of phenolic OH excluding ortho intramolecular Hbond substituents is 1. The molecular weight excluding hydrogens is 518 g/mol. The second kappa shape index (κ2) is 11.7. The molecule has 0 unspecified atom stereocenters. The van der Waals surface area contributed by atoms with E-state index < -0.39 is 12.2 Å². The van der Waals surface area contributed by atoms with Crippen LogP contribution in [0.15, 0.2) is 48.5 Å². The maximum atomic E-state index is 14.1. The predicted octanol–water partition coefficient (Wildman–Crippen LogP) is 4.20. The van der Waals surface area contributed by atoms with Crippen molar-refractivity contribution in [3.8, 4) is 11.7 Å². The number of fused-ring (bicyclic) bond motifs is 1. The van der Waals surface area contributed by atoms with Crippen LogP contribution in [0.25, 0.3) is 17.0 Å². The summed E-state index contributed by atoms with van der Waals surface area (Å²) in [5, 5.41) is 16.7. The van der Waals surface area contributed by atoms with Gasteiger partial charge in [0.05, 0.1) is 24.2 Å². The van der Waals surface area contributed by atoms with Crippen LogP contribution >= 0.6 is 0 Å². The third-order valence-electron chi connectivity index (χ3n) is 7.45. The number of ether oxygens (including phenoxy) is 1. The summed E-state index contributed by atoms with van der Waals surface area (Å²) < 4.78 is 35.0. The molecule has 1 saturated heterocycles. The molecular formula is C28H32F2N8O2.